The monoisotopic (exact) mass is 410 g/mol. The molecule has 10 heteroatoms. The number of nitrogens with zero attached hydrogens (tertiary/aromatic N) is 2. The van der Waals surface area contributed by atoms with Crippen molar-refractivity contribution in [2.45, 2.75) is 31.3 Å². The average Bonchev–Trinajstić information content (AvgIpc) is 2.69. The van der Waals surface area contributed by atoms with Crippen LogP contribution in [0.5, 0.6) is 5.75 Å². The fraction of sp³-hybridized carbons (Fsp3) is 0.556. The zero-order valence-corrected chi connectivity index (χ0v) is 16.8. The number of rotatable bonds is 4. The van der Waals surface area contributed by atoms with Crippen molar-refractivity contribution in [3.63, 3.8) is 0 Å². The van der Waals surface area contributed by atoms with Crippen LogP contribution >= 0.6 is 0 Å². The lowest BCUT2D eigenvalue weighted by Crippen LogP contribution is -2.58. The highest BCUT2D eigenvalue weighted by molar-refractivity contribution is 7.87. The van der Waals surface area contributed by atoms with Gasteiger partial charge in [-0.3, -0.25) is 9.59 Å². The summed E-state index contributed by atoms with van der Waals surface area (Å²) in [6.45, 7) is 0.801. The quantitative estimate of drug-likeness (QED) is 0.723. The van der Waals surface area contributed by atoms with Crippen LogP contribution in [-0.2, 0) is 19.8 Å². The van der Waals surface area contributed by atoms with Crippen LogP contribution in [0.15, 0.2) is 24.3 Å². The summed E-state index contributed by atoms with van der Waals surface area (Å²) in [6, 6.07) is 5.78. The van der Waals surface area contributed by atoms with Gasteiger partial charge in [0.25, 0.3) is 10.2 Å². The first-order valence-corrected chi connectivity index (χ1v) is 10.6. The Kier molecular flexibility index (Phi) is 5.92. The summed E-state index contributed by atoms with van der Waals surface area (Å²) in [5.74, 6) is -0.155. The fourth-order valence-electron chi connectivity index (χ4n) is 3.74. The molecule has 2 fully saturated rings. The van der Waals surface area contributed by atoms with Crippen molar-refractivity contribution in [3.05, 3.63) is 29.8 Å². The van der Waals surface area contributed by atoms with Crippen LogP contribution in [-0.4, -0.2) is 62.7 Å². The van der Waals surface area contributed by atoms with Gasteiger partial charge in [0.1, 0.15) is 11.8 Å². The van der Waals surface area contributed by atoms with Crippen LogP contribution in [0.2, 0.25) is 0 Å². The molecule has 28 heavy (non-hydrogen) atoms. The second kappa shape index (κ2) is 8.06. The van der Waals surface area contributed by atoms with E-state index in [0.717, 1.165) is 9.87 Å². The first kappa shape index (κ1) is 20.6. The van der Waals surface area contributed by atoms with Gasteiger partial charge in [-0.15, -0.1) is 0 Å². The van der Waals surface area contributed by atoms with E-state index in [1.54, 1.807) is 36.3 Å². The Balaban J connectivity index is 1.77. The van der Waals surface area contributed by atoms with Gasteiger partial charge >= 0.3 is 0 Å². The smallest absolute Gasteiger partial charge is 0.280 e. The molecule has 2 amide bonds. The van der Waals surface area contributed by atoms with E-state index in [0.29, 0.717) is 38.1 Å². The lowest BCUT2D eigenvalue weighted by molar-refractivity contribution is -0.138. The van der Waals surface area contributed by atoms with Crippen LogP contribution in [0, 0.1) is 5.92 Å². The molecule has 0 aliphatic carbocycles. The third kappa shape index (κ3) is 4.13. The standard InChI is InChI=1S/C18H26N4O5S/c1-21-16(18(24)22-9-7-13(8-10-22)17(19)23)11-15(20-28(21,25)26)12-3-5-14(27-2)6-4-12/h3-6,13,15-16,20H,7-11H2,1-2H3,(H2,19,23). The first-order valence-electron chi connectivity index (χ1n) is 9.20. The van der Waals surface area contributed by atoms with E-state index in [-0.39, 0.29) is 17.7 Å². The van der Waals surface area contributed by atoms with Crippen LogP contribution in [0.1, 0.15) is 30.9 Å². The molecule has 0 spiro atoms. The molecule has 9 nitrogen and oxygen atoms in total. The largest absolute Gasteiger partial charge is 0.497 e. The predicted molar refractivity (Wildman–Crippen MR) is 102 cm³/mol. The van der Waals surface area contributed by atoms with E-state index >= 15 is 0 Å². The Hall–Kier alpha value is -2.17. The summed E-state index contributed by atoms with van der Waals surface area (Å²) in [4.78, 5) is 26.0. The van der Waals surface area contributed by atoms with E-state index in [1.807, 2.05) is 0 Å². The number of likely N-dealkylation sites (N-methyl/N-ethyl adjacent to an activating group) is 1. The van der Waals surface area contributed by atoms with Crippen molar-refractivity contribution < 1.29 is 22.7 Å². The van der Waals surface area contributed by atoms with Gasteiger partial charge in [-0.2, -0.15) is 17.4 Å². The number of likely N-dealkylation sites (tertiary alicyclic amines) is 1. The summed E-state index contributed by atoms with van der Waals surface area (Å²) in [7, 11) is -0.834. The van der Waals surface area contributed by atoms with Crippen molar-refractivity contribution >= 4 is 22.0 Å². The number of methoxy groups -OCH3 is 1. The number of carbonyl (C=O) groups excluding carboxylic acids is 2. The molecule has 3 N–H and O–H groups in total. The van der Waals surface area contributed by atoms with Gasteiger partial charge in [0, 0.05) is 32.1 Å². The minimum Gasteiger partial charge on any atom is -0.497 e. The predicted octanol–water partition coefficient (Wildman–Crippen LogP) is -0.00130. The number of nitrogens with two attached hydrogens (primary N) is 1. The maximum absolute atomic E-state index is 13.1. The highest BCUT2D eigenvalue weighted by Crippen LogP contribution is 2.30. The molecule has 2 aliphatic rings. The Labute approximate surface area is 165 Å². The number of nitrogens with one attached hydrogen (secondary N) is 1. The molecule has 2 atom stereocenters. The molecule has 0 radical (unpaired) electrons. The minimum atomic E-state index is -3.80. The van der Waals surface area contributed by atoms with Crippen LogP contribution in [0.3, 0.4) is 0 Å². The molecular weight excluding hydrogens is 384 g/mol. The van der Waals surface area contributed by atoms with Gasteiger partial charge in [0.05, 0.1) is 7.11 Å². The molecule has 1 aromatic rings. The Morgan fingerprint density at radius 3 is 2.32 bits per heavy atom. The van der Waals surface area contributed by atoms with E-state index in [4.69, 9.17) is 10.5 Å². The maximum atomic E-state index is 13.1. The SMILES string of the molecule is COc1ccc(C2CC(C(=O)N3CCC(C(N)=O)CC3)N(C)S(=O)(=O)N2)cc1. The molecule has 2 heterocycles. The van der Waals surface area contributed by atoms with Crippen LogP contribution < -0.4 is 15.2 Å². The normalized spacial score (nSPS) is 26.0. The number of hydrogen-bond acceptors (Lipinski definition) is 5. The number of carbonyl (C=O) groups is 2. The average molecular weight is 410 g/mol. The molecule has 0 saturated carbocycles. The lowest BCUT2D eigenvalue weighted by atomic mass is 9.94. The third-order valence-corrected chi connectivity index (χ3v) is 7.18. The number of ether oxygens (including phenoxy) is 1. The fourth-order valence-corrected chi connectivity index (χ4v) is 5.01. The van der Waals surface area contributed by atoms with Crippen LogP contribution in [0.4, 0.5) is 0 Å². The molecule has 2 unspecified atom stereocenters. The highest BCUT2D eigenvalue weighted by atomic mass is 32.2. The number of benzene rings is 1. The molecule has 2 saturated heterocycles. The molecule has 154 valence electrons. The summed E-state index contributed by atoms with van der Waals surface area (Å²) >= 11 is 0. The maximum Gasteiger partial charge on any atom is 0.280 e. The van der Waals surface area contributed by atoms with E-state index in [2.05, 4.69) is 4.72 Å². The first-order chi connectivity index (χ1) is 13.2. The minimum absolute atomic E-state index is 0.231. The van der Waals surface area contributed by atoms with Crippen molar-refractivity contribution in [1.82, 2.24) is 13.9 Å². The number of piperidine rings is 1. The molecule has 0 bridgehead atoms. The zero-order valence-electron chi connectivity index (χ0n) is 16.0. The highest BCUT2D eigenvalue weighted by Gasteiger charge is 2.42. The van der Waals surface area contributed by atoms with Crippen molar-refractivity contribution in [1.29, 1.82) is 0 Å². The third-order valence-electron chi connectivity index (χ3n) is 5.58. The summed E-state index contributed by atoms with van der Waals surface area (Å²) in [5.41, 5.74) is 6.11. The summed E-state index contributed by atoms with van der Waals surface area (Å²) in [5, 5.41) is 0. The summed E-state index contributed by atoms with van der Waals surface area (Å²) in [6.07, 6.45) is 1.32. The molecule has 3 rings (SSSR count). The zero-order chi connectivity index (χ0) is 20.5. The molecular formula is C18H26N4O5S. The second-order valence-electron chi connectivity index (χ2n) is 7.22. The molecule has 2 aliphatic heterocycles. The van der Waals surface area contributed by atoms with Gasteiger partial charge < -0.3 is 15.4 Å². The van der Waals surface area contributed by atoms with Gasteiger partial charge in [-0.25, -0.2) is 0 Å². The second-order valence-corrected chi connectivity index (χ2v) is 8.98. The van der Waals surface area contributed by atoms with Gasteiger partial charge in [0.15, 0.2) is 0 Å². The van der Waals surface area contributed by atoms with Crippen LogP contribution in [0.25, 0.3) is 0 Å². The van der Waals surface area contributed by atoms with Gasteiger partial charge in [0.2, 0.25) is 11.8 Å². The molecule has 1 aromatic carbocycles. The molecule has 0 aromatic heterocycles. The summed E-state index contributed by atoms with van der Waals surface area (Å²) < 4.78 is 34.0. The Morgan fingerprint density at radius 2 is 1.79 bits per heavy atom. The topological polar surface area (TPSA) is 122 Å². The number of amides is 2. The van der Waals surface area contributed by atoms with E-state index in [1.165, 1.54) is 7.05 Å². The Morgan fingerprint density at radius 1 is 1.18 bits per heavy atom. The van der Waals surface area contributed by atoms with E-state index in [9.17, 15) is 18.0 Å². The van der Waals surface area contributed by atoms with Gasteiger partial charge in [-0.05, 0) is 37.0 Å². The van der Waals surface area contributed by atoms with E-state index < -0.39 is 22.3 Å². The Bertz CT molecular complexity index is 834. The number of hydrogen-bond donors (Lipinski definition) is 2. The van der Waals surface area contributed by atoms with Crippen molar-refractivity contribution in [3.8, 4) is 5.75 Å². The lowest BCUT2D eigenvalue weighted by Gasteiger charge is -2.40. The van der Waals surface area contributed by atoms with Crippen molar-refractivity contribution in [2.75, 3.05) is 27.2 Å². The van der Waals surface area contributed by atoms with Crippen molar-refractivity contribution in [2.24, 2.45) is 11.7 Å². The number of primary amides is 1. The van der Waals surface area contributed by atoms with Gasteiger partial charge in [-0.1, -0.05) is 12.1 Å².